The predicted molar refractivity (Wildman–Crippen MR) is 95.0 cm³/mol. The van der Waals surface area contributed by atoms with Gasteiger partial charge in [0.2, 0.25) is 11.8 Å². The lowest BCUT2D eigenvalue weighted by Gasteiger charge is -2.41. The smallest absolute Gasteiger partial charge is 0.224 e. The molecule has 0 saturated carbocycles. The van der Waals surface area contributed by atoms with Gasteiger partial charge in [-0.15, -0.1) is 0 Å². The largest absolute Gasteiger partial charge is 0.379 e. The van der Waals surface area contributed by atoms with Gasteiger partial charge in [-0.3, -0.25) is 14.5 Å². The monoisotopic (exact) mass is 345 g/mol. The van der Waals surface area contributed by atoms with E-state index in [1.54, 1.807) is 6.92 Å². The molecule has 1 atom stereocenters. The molecule has 2 aliphatic heterocycles. The van der Waals surface area contributed by atoms with Crippen LogP contribution in [0.15, 0.2) is 30.3 Å². The lowest BCUT2D eigenvalue weighted by atomic mass is 10.0. The Kier molecular flexibility index (Phi) is 6.04. The molecule has 0 aliphatic carbocycles. The Labute approximate surface area is 149 Å². The van der Waals surface area contributed by atoms with Gasteiger partial charge in [0, 0.05) is 52.6 Å². The van der Waals surface area contributed by atoms with Crippen molar-refractivity contribution in [2.75, 3.05) is 52.5 Å². The highest BCUT2D eigenvalue weighted by Gasteiger charge is 2.31. The zero-order valence-corrected chi connectivity index (χ0v) is 14.9. The van der Waals surface area contributed by atoms with Crippen LogP contribution < -0.4 is 0 Å². The molecular weight excluding hydrogens is 318 g/mol. The maximum atomic E-state index is 12.7. The van der Waals surface area contributed by atoms with Gasteiger partial charge in [-0.1, -0.05) is 30.3 Å². The highest BCUT2D eigenvalue weighted by atomic mass is 16.5. The first-order valence-corrected chi connectivity index (χ1v) is 9.05. The number of rotatable bonds is 4. The van der Waals surface area contributed by atoms with Crippen molar-refractivity contribution in [3.05, 3.63) is 35.9 Å². The summed E-state index contributed by atoms with van der Waals surface area (Å²) < 4.78 is 5.35. The molecule has 2 saturated heterocycles. The highest BCUT2D eigenvalue weighted by Crippen LogP contribution is 2.25. The molecule has 0 spiro atoms. The molecule has 2 amide bonds. The zero-order valence-electron chi connectivity index (χ0n) is 14.9. The summed E-state index contributed by atoms with van der Waals surface area (Å²) in [6, 6.07) is 9.93. The SMILES string of the molecule is CC(=O)N1CCN(C(=O)CCN2CCOCC2)C[C@H]1c1ccccc1. The third-order valence-corrected chi connectivity index (χ3v) is 5.07. The Hall–Kier alpha value is -1.92. The van der Waals surface area contributed by atoms with Crippen molar-refractivity contribution in [3.8, 4) is 0 Å². The first-order valence-electron chi connectivity index (χ1n) is 9.05. The normalized spacial score (nSPS) is 22.0. The molecule has 136 valence electrons. The topological polar surface area (TPSA) is 53.1 Å². The Balaban J connectivity index is 1.61. The van der Waals surface area contributed by atoms with Gasteiger partial charge in [-0.25, -0.2) is 0 Å². The number of amides is 2. The number of hydrogen-bond donors (Lipinski definition) is 0. The number of hydrogen-bond acceptors (Lipinski definition) is 4. The van der Waals surface area contributed by atoms with E-state index in [1.807, 2.05) is 40.1 Å². The molecule has 0 radical (unpaired) electrons. The molecule has 6 heteroatoms. The van der Waals surface area contributed by atoms with Crippen molar-refractivity contribution in [1.82, 2.24) is 14.7 Å². The Bertz CT molecular complexity index is 587. The second kappa shape index (κ2) is 8.45. The van der Waals surface area contributed by atoms with Gasteiger partial charge < -0.3 is 14.5 Å². The molecule has 0 aromatic heterocycles. The quantitative estimate of drug-likeness (QED) is 0.821. The number of carbonyl (C=O) groups is 2. The van der Waals surface area contributed by atoms with E-state index < -0.39 is 0 Å². The van der Waals surface area contributed by atoms with Crippen molar-refractivity contribution in [3.63, 3.8) is 0 Å². The summed E-state index contributed by atoms with van der Waals surface area (Å²) in [6.07, 6.45) is 0.529. The van der Waals surface area contributed by atoms with E-state index in [0.717, 1.165) is 38.4 Å². The molecule has 2 aliphatic rings. The van der Waals surface area contributed by atoms with Gasteiger partial charge in [0.25, 0.3) is 0 Å². The van der Waals surface area contributed by atoms with E-state index in [9.17, 15) is 9.59 Å². The fourth-order valence-corrected chi connectivity index (χ4v) is 3.58. The minimum atomic E-state index is -0.0558. The maximum absolute atomic E-state index is 12.7. The summed E-state index contributed by atoms with van der Waals surface area (Å²) in [6.45, 7) is 7.48. The van der Waals surface area contributed by atoms with E-state index in [4.69, 9.17) is 4.74 Å². The van der Waals surface area contributed by atoms with Crippen molar-refractivity contribution in [2.24, 2.45) is 0 Å². The van der Waals surface area contributed by atoms with E-state index in [1.165, 1.54) is 0 Å². The van der Waals surface area contributed by atoms with E-state index in [0.29, 0.717) is 26.1 Å². The molecule has 0 unspecified atom stereocenters. The molecule has 1 aromatic rings. The van der Waals surface area contributed by atoms with Gasteiger partial charge in [0.1, 0.15) is 0 Å². The van der Waals surface area contributed by atoms with Crippen molar-refractivity contribution >= 4 is 11.8 Å². The minimum absolute atomic E-state index is 0.0558. The van der Waals surface area contributed by atoms with Crippen LogP contribution in [0.25, 0.3) is 0 Å². The third kappa shape index (κ3) is 4.58. The van der Waals surface area contributed by atoms with Gasteiger partial charge in [0.05, 0.1) is 19.3 Å². The number of nitrogens with zero attached hydrogens (tertiary/aromatic N) is 3. The van der Waals surface area contributed by atoms with Gasteiger partial charge in [-0.2, -0.15) is 0 Å². The fraction of sp³-hybridized carbons (Fsp3) is 0.579. The summed E-state index contributed by atoms with van der Waals surface area (Å²) >= 11 is 0. The Morgan fingerprint density at radius 2 is 1.80 bits per heavy atom. The Morgan fingerprint density at radius 3 is 2.48 bits per heavy atom. The van der Waals surface area contributed by atoms with Gasteiger partial charge in [-0.05, 0) is 5.56 Å². The lowest BCUT2D eigenvalue weighted by molar-refractivity contribution is -0.142. The van der Waals surface area contributed by atoms with Gasteiger partial charge >= 0.3 is 0 Å². The molecule has 1 aromatic carbocycles. The van der Waals surface area contributed by atoms with Crippen molar-refractivity contribution < 1.29 is 14.3 Å². The summed E-state index contributed by atoms with van der Waals surface area (Å²) in [5, 5.41) is 0. The summed E-state index contributed by atoms with van der Waals surface area (Å²) in [5.41, 5.74) is 1.09. The zero-order chi connectivity index (χ0) is 17.6. The number of piperazine rings is 1. The van der Waals surface area contributed by atoms with E-state index in [-0.39, 0.29) is 17.9 Å². The summed E-state index contributed by atoms with van der Waals surface area (Å²) in [5.74, 6) is 0.241. The average Bonchev–Trinajstić information content (AvgIpc) is 2.67. The summed E-state index contributed by atoms with van der Waals surface area (Å²) in [4.78, 5) is 30.7. The first-order chi connectivity index (χ1) is 12.1. The van der Waals surface area contributed by atoms with Crippen LogP contribution in [0.1, 0.15) is 24.9 Å². The molecule has 6 nitrogen and oxygen atoms in total. The molecule has 0 N–H and O–H groups in total. The molecule has 2 heterocycles. The fourth-order valence-electron chi connectivity index (χ4n) is 3.58. The number of carbonyl (C=O) groups excluding carboxylic acids is 2. The van der Waals surface area contributed by atoms with Crippen molar-refractivity contribution in [2.45, 2.75) is 19.4 Å². The van der Waals surface area contributed by atoms with Crippen LogP contribution >= 0.6 is 0 Å². The van der Waals surface area contributed by atoms with Crippen LogP contribution in [0.3, 0.4) is 0 Å². The first kappa shape index (κ1) is 17.9. The van der Waals surface area contributed by atoms with Crippen LogP contribution in [0, 0.1) is 0 Å². The van der Waals surface area contributed by atoms with Crippen LogP contribution in [0.5, 0.6) is 0 Å². The highest BCUT2D eigenvalue weighted by molar-refractivity contribution is 5.78. The summed E-state index contributed by atoms with van der Waals surface area (Å²) in [7, 11) is 0. The lowest BCUT2D eigenvalue weighted by Crippen LogP contribution is -2.52. The molecule has 0 bridgehead atoms. The van der Waals surface area contributed by atoms with Crippen LogP contribution in [-0.2, 0) is 14.3 Å². The predicted octanol–water partition coefficient (Wildman–Crippen LogP) is 1.14. The van der Waals surface area contributed by atoms with Crippen molar-refractivity contribution in [1.29, 1.82) is 0 Å². The molecule has 2 fully saturated rings. The van der Waals surface area contributed by atoms with E-state index >= 15 is 0 Å². The molecule has 3 rings (SSSR count). The van der Waals surface area contributed by atoms with Gasteiger partial charge in [0.15, 0.2) is 0 Å². The molecule has 25 heavy (non-hydrogen) atoms. The second-order valence-electron chi connectivity index (χ2n) is 6.68. The van der Waals surface area contributed by atoms with Crippen LogP contribution in [0.4, 0.5) is 0 Å². The second-order valence-corrected chi connectivity index (χ2v) is 6.68. The Morgan fingerprint density at radius 1 is 1.08 bits per heavy atom. The van der Waals surface area contributed by atoms with E-state index in [2.05, 4.69) is 4.90 Å². The van der Waals surface area contributed by atoms with Crippen LogP contribution in [0.2, 0.25) is 0 Å². The number of morpholine rings is 1. The average molecular weight is 345 g/mol. The maximum Gasteiger partial charge on any atom is 0.224 e. The third-order valence-electron chi connectivity index (χ3n) is 5.07. The minimum Gasteiger partial charge on any atom is -0.379 e. The van der Waals surface area contributed by atoms with Crippen LogP contribution in [-0.4, -0.2) is 79.0 Å². The number of benzene rings is 1. The molecular formula is C19H27N3O3. The number of ether oxygens (including phenoxy) is 1. The standard InChI is InChI=1S/C19H27N3O3/c1-16(23)22-10-9-21(15-18(22)17-5-3-2-4-6-17)19(24)7-8-20-11-13-25-14-12-20/h2-6,18H,7-15H2,1H3/t18-/m0/s1.